The Hall–Kier alpha value is -3.87. The minimum absolute atomic E-state index is 0.0890. The number of nitrogens with zero attached hydrogens (tertiary/aromatic N) is 1. The number of benzene rings is 3. The molecular formula is C28H27FN2O4. The Morgan fingerprint density at radius 1 is 1.00 bits per heavy atom. The molecule has 2 aliphatic heterocycles. The van der Waals surface area contributed by atoms with E-state index in [1.54, 1.807) is 11.0 Å². The summed E-state index contributed by atoms with van der Waals surface area (Å²) in [6.45, 7) is 5.28. The minimum Gasteiger partial charge on any atom is -0.490 e. The molecule has 2 atom stereocenters. The molecule has 0 fully saturated rings. The predicted molar refractivity (Wildman–Crippen MR) is 130 cm³/mol. The standard InChI is InChI=1S/C28H27FN2O4/c1-3-34-23-15-17-13-14-31-26(22(17)16-24(23)35-4-2)25(20-7-5-6-8-21(20)28(31)33)27(32)30-19-11-9-18(29)10-12-19/h5-12,15-16,25-26H,3-4,13-14H2,1-2H3,(H,30,32)/t25-,26+/m1/s1. The summed E-state index contributed by atoms with van der Waals surface area (Å²) in [6, 6.07) is 16.3. The van der Waals surface area contributed by atoms with Crippen molar-refractivity contribution in [3.8, 4) is 11.5 Å². The first-order valence-electron chi connectivity index (χ1n) is 11.9. The van der Waals surface area contributed by atoms with E-state index in [1.165, 1.54) is 24.3 Å². The monoisotopic (exact) mass is 474 g/mol. The van der Waals surface area contributed by atoms with Crippen LogP contribution in [0.3, 0.4) is 0 Å². The zero-order valence-corrected chi connectivity index (χ0v) is 19.7. The van der Waals surface area contributed by atoms with Gasteiger partial charge >= 0.3 is 0 Å². The number of amides is 2. The molecule has 0 bridgehead atoms. The summed E-state index contributed by atoms with van der Waals surface area (Å²) in [7, 11) is 0. The highest BCUT2D eigenvalue weighted by Gasteiger charge is 2.46. The van der Waals surface area contributed by atoms with Gasteiger partial charge in [0, 0.05) is 17.8 Å². The summed E-state index contributed by atoms with van der Waals surface area (Å²) in [4.78, 5) is 29.1. The zero-order chi connectivity index (χ0) is 24.5. The van der Waals surface area contributed by atoms with Gasteiger partial charge in [-0.3, -0.25) is 9.59 Å². The van der Waals surface area contributed by atoms with Crippen LogP contribution in [0.4, 0.5) is 10.1 Å². The molecule has 2 amide bonds. The number of rotatable bonds is 6. The van der Waals surface area contributed by atoms with E-state index in [4.69, 9.17) is 9.47 Å². The van der Waals surface area contributed by atoms with Crippen molar-refractivity contribution in [2.45, 2.75) is 32.2 Å². The highest BCUT2D eigenvalue weighted by Crippen LogP contribution is 2.48. The van der Waals surface area contributed by atoms with Gasteiger partial charge in [-0.15, -0.1) is 0 Å². The minimum atomic E-state index is -0.652. The van der Waals surface area contributed by atoms with Crippen molar-refractivity contribution in [3.63, 3.8) is 0 Å². The van der Waals surface area contributed by atoms with Crippen molar-refractivity contribution in [2.75, 3.05) is 25.1 Å². The van der Waals surface area contributed by atoms with Gasteiger partial charge in [-0.1, -0.05) is 18.2 Å². The predicted octanol–water partition coefficient (Wildman–Crippen LogP) is 5.10. The molecule has 180 valence electrons. The maximum Gasteiger partial charge on any atom is 0.254 e. The van der Waals surface area contributed by atoms with Crippen molar-refractivity contribution < 1.29 is 23.5 Å². The fraction of sp³-hybridized carbons (Fsp3) is 0.286. The van der Waals surface area contributed by atoms with Gasteiger partial charge in [0.2, 0.25) is 5.91 Å². The van der Waals surface area contributed by atoms with Crippen LogP contribution in [-0.2, 0) is 11.2 Å². The van der Waals surface area contributed by atoms with Crippen LogP contribution in [-0.4, -0.2) is 36.5 Å². The van der Waals surface area contributed by atoms with Crippen molar-refractivity contribution in [3.05, 3.63) is 88.7 Å². The lowest BCUT2D eigenvalue weighted by Gasteiger charge is -2.45. The van der Waals surface area contributed by atoms with Crippen LogP contribution in [0.1, 0.15) is 52.9 Å². The Bertz CT molecular complexity index is 1270. The van der Waals surface area contributed by atoms with Gasteiger partial charge in [-0.05, 0) is 79.4 Å². The SMILES string of the molecule is CCOc1cc2c(cc1OCC)[C@H]1[C@H](C(=O)Nc3ccc(F)cc3)c3ccccc3C(=O)N1CC2. The van der Waals surface area contributed by atoms with Crippen molar-refractivity contribution in [1.29, 1.82) is 0 Å². The molecule has 0 aliphatic carbocycles. The number of carbonyl (C=O) groups is 2. The molecule has 0 saturated heterocycles. The lowest BCUT2D eigenvalue weighted by atomic mass is 9.75. The summed E-state index contributed by atoms with van der Waals surface area (Å²) >= 11 is 0. The van der Waals surface area contributed by atoms with Gasteiger partial charge < -0.3 is 19.7 Å². The molecule has 1 N–H and O–H groups in total. The third-order valence-corrected chi connectivity index (χ3v) is 6.58. The van der Waals surface area contributed by atoms with E-state index in [9.17, 15) is 14.0 Å². The first-order valence-corrected chi connectivity index (χ1v) is 11.9. The Balaban J connectivity index is 1.63. The van der Waals surface area contributed by atoms with E-state index in [2.05, 4.69) is 5.32 Å². The first kappa shape index (κ1) is 22.9. The largest absolute Gasteiger partial charge is 0.490 e. The molecule has 0 saturated carbocycles. The maximum absolute atomic E-state index is 13.8. The van der Waals surface area contributed by atoms with Crippen LogP contribution >= 0.6 is 0 Å². The Morgan fingerprint density at radius 2 is 1.69 bits per heavy atom. The Morgan fingerprint density at radius 3 is 2.40 bits per heavy atom. The number of nitrogens with one attached hydrogen (secondary N) is 1. The van der Waals surface area contributed by atoms with Crippen LogP contribution in [0.15, 0.2) is 60.7 Å². The number of halogens is 1. The Labute approximate surface area is 203 Å². The van der Waals surface area contributed by atoms with Crippen molar-refractivity contribution >= 4 is 17.5 Å². The second-order valence-electron chi connectivity index (χ2n) is 8.62. The molecule has 2 aliphatic rings. The molecule has 0 unspecified atom stereocenters. The molecule has 3 aromatic rings. The van der Waals surface area contributed by atoms with Crippen molar-refractivity contribution in [1.82, 2.24) is 4.90 Å². The van der Waals surface area contributed by atoms with Crippen LogP contribution in [0.5, 0.6) is 11.5 Å². The average molecular weight is 475 g/mol. The number of hydrogen-bond donors (Lipinski definition) is 1. The Kier molecular flexibility index (Phi) is 6.16. The third-order valence-electron chi connectivity index (χ3n) is 6.58. The number of fused-ring (bicyclic) bond motifs is 4. The smallest absolute Gasteiger partial charge is 0.254 e. The molecule has 6 nitrogen and oxygen atoms in total. The molecule has 7 heteroatoms. The van der Waals surface area contributed by atoms with E-state index in [1.807, 2.05) is 44.2 Å². The lowest BCUT2D eigenvalue weighted by molar-refractivity contribution is -0.119. The van der Waals surface area contributed by atoms with Gasteiger partial charge in [0.25, 0.3) is 5.91 Å². The van der Waals surface area contributed by atoms with Crippen molar-refractivity contribution in [2.24, 2.45) is 0 Å². The summed E-state index contributed by atoms with van der Waals surface area (Å²) in [6.07, 6.45) is 0.651. The fourth-order valence-corrected chi connectivity index (χ4v) is 5.11. The van der Waals surface area contributed by atoms with E-state index in [-0.39, 0.29) is 17.6 Å². The summed E-state index contributed by atoms with van der Waals surface area (Å²) < 4.78 is 25.1. The number of anilines is 1. The topological polar surface area (TPSA) is 67.9 Å². The second-order valence-corrected chi connectivity index (χ2v) is 8.62. The van der Waals surface area contributed by atoms with E-state index in [0.717, 1.165) is 11.1 Å². The molecule has 5 rings (SSSR count). The first-order chi connectivity index (χ1) is 17.0. The van der Waals surface area contributed by atoms with Gasteiger partial charge in [-0.2, -0.15) is 0 Å². The average Bonchev–Trinajstić information content (AvgIpc) is 2.86. The zero-order valence-electron chi connectivity index (χ0n) is 19.7. The lowest BCUT2D eigenvalue weighted by Crippen LogP contribution is -2.49. The highest BCUT2D eigenvalue weighted by molar-refractivity contribution is 6.04. The van der Waals surface area contributed by atoms with Crippen LogP contribution in [0, 0.1) is 5.82 Å². The summed E-state index contributed by atoms with van der Waals surface area (Å²) in [5, 5.41) is 2.93. The van der Waals surface area contributed by atoms with Gasteiger partial charge in [0.15, 0.2) is 11.5 Å². The molecule has 0 spiro atoms. The number of carbonyl (C=O) groups excluding carboxylic acids is 2. The van der Waals surface area contributed by atoms with E-state index in [0.29, 0.717) is 54.5 Å². The molecular weight excluding hydrogens is 447 g/mol. The van der Waals surface area contributed by atoms with Gasteiger partial charge in [0.05, 0.1) is 25.2 Å². The third kappa shape index (κ3) is 4.11. The van der Waals surface area contributed by atoms with E-state index < -0.39 is 12.0 Å². The van der Waals surface area contributed by atoms with Gasteiger partial charge in [-0.25, -0.2) is 4.39 Å². The second kappa shape index (κ2) is 9.41. The normalized spacial score (nSPS) is 18.3. The van der Waals surface area contributed by atoms with Crippen LogP contribution in [0.2, 0.25) is 0 Å². The van der Waals surface area contributed by atoms with Gasteiger partial charge in [0.1, 0.15) is 5.82 Å². The van der Waals surface area contributed by atoms with E-state index >= 15 is 0 Å². The molecule has 3 aromatic carbocycles. The number of hydrogen-bond acceptors (Lipinski definition) is 4. The molecule has 0 aromatic heterocycles. The maximum atomic E-state index is 13.8. The summed E-state index contributed by atoms with van der Waals surface area (Å²) in [5.41, 5.74) is 3.62. The highest BCUT2D eigenvalue weighted by atomic mass is 19.1. The number of ether oxygens (including phenoxy) is 2. The fourth-order valence-electron chi connectivity index (χ4n) is 5.11. The molecule has 0 radical (unpaired) electrons. The van der Waals surface area contributed by atoms with Crippen LogP contribution < -0.4 is 14.8 Å². The molecule has 2 heterocycles. The van der Waals surface area contributed by atoms with Crippen LogP contribution in [0.25, 0.3) is 0 Å². The summed E-state index contributed by atoms with van der Waals surface area (Å²) in [5.74, 6) is -0.117. The molecule has 35 heavy (non-hydrogen) atoms. The quantitative estimate of drug-likeness (QED) is 0.540.